The van der Waals surface area contributed by atoms with Gasteiger partial charge in [0.1, 0.15) is 5.82 Å². The zero-order chi connectivity index (χ0) is 12.5. The van der Waals surface area contributed by atoms with Gasteiger partial charge in [0, 0.05) is 12.2 Å². The van der Waals surface area contributed by atoms with Gasteiger partial charge in [0.15, 0.2) is 0 Å². The van der Waals surface area contributed by atoms with Gasteiger partial charge in [-0.05, 0) is 43.5 Å². The van der Waals surface area contributed by atoms with E-state index in [1.54, 1.807) is 11.0 Å². The first-order valence-electron chi connectivity index (χ1n) is 6.59. The van der Waals surface area contributed by atoms with E-state index in [0.717, 1.165) is 43.5 Å². The van der Waals surface area contributed by atoms with Crippen LogP contribution in [0.1, 0.15) is 24.8 Å². The fourth-order valence-corrected chi connectivity index (χ4v) is 2.83. The normalized spacial score (nSPS) is 21.7. The van der Waals surface area contributed by atoms with E-state index in [0.29, 0.717) is 6.54 Å². The largest absolute Gasteiger partial charge is 0.310 e. The highest BCUT2D eigenvalue weighted by molar-refractivity contribution is 5.99. The number of rotatable bonds is 1. The molecule has 1 N–H and O–H groups in total. The van der Waals surface area contributed by atoms with Crippen molar-refractivity contribution in [1.82, 2.24) is 5.32 Å². The van der Waals surface area contributed by atoms with Crippen LogP contribution in [0.5, 0.6) is 0 Å². The van der Waals surface area contributed by atoms with E-state index >= 15 is 0 Å². The average Bonchev–Trinajstić information content (AvgIpc) is 2.82. The van der Waals surface area contributed by atoms with E-state index in [2.05, 4.69) is 5.32 Å². The van der Waals surface area contributed by atoms with Gasteiger partial charge >= 0.3 is 0 Å². The first kappa shape index (κ1) is 14.3. The van der Waals surface area contributed by atoms with E-state index < -0.39 is 0 Å². The van der Waals surface area contributed by atoms with Gasteiger partial charge in [0.2, 0.25) is 5.91 Å². The zero-order valence-corrected chi connectivity index (χ0v) is 11.5. The molecule has 1 aromatic rings. The molecule has 19 heavy (non-hydrogen) atoms. The van der Waals surface area contributed by atoms with Crippen molar-refractivity contribution in [2.24, 2.45) is 0 Å². The van der Waals surface area contributed by atoms with Crippen molar-refractivity contribution in [3.05, 3.63) is 29.6 Å². The molecule has 1 amide bonds. The van der Waals surface area contributed by atoms with Crippen molar-refractivity contribution in [2.45, 2.75) is 31.7 Å². The number of nitrogens with one attached hydrogen (secondary N) is 1. The van der Waals surface area contributed by atoms with Crippen LogP contribution >= 0.6 is 12.4 Å². The Labute approximate surface area is 118 Å². The van der Waals surface area contributed by atoms with E-state index in [-0.39, 0.29) is 30.2 Å². The molecule has 3 nitrogen and oxygen atoms in total. The topological polar surface area (TPSA) is 32.3 Å². The number of hydrogen-bond acceptors (Lipinski definition) is 2. The Morgan fingerprint density at radius 1 is 1.37 bits per heavy atom. The molecule has 2 heterocycles. The Kier molecular flexibility index (Phi) is 4.42. The maximum absolute atomic E-state index is 13.3. The predicted octanol–water partition coefficient (Wildman–Crippen LogP) is 2.28. The van der Waals surface area contributed by atoms with Crippen LogP contribution in [-0.2, 0) is 11.2 Å². The minimum absolute atomic E-state index is 0. The fourth-order valence-electron chi connectivity index (χ4n) is 2.83. The number of anilines is 1. The molecule has 104 valence electrons. The quantitative estimate of drug-likeness (QED) is 0.858. The molecule has 0 saturated carbocycles. The summed E-state index contributed by atoms with van der Waals surface area (Å²) in [7, 11) is 0. The van der Waals surface area contributed by atoms with E-state index in [1.165, 1.54) is 12.1 Å². The molecule has 0 aliphatic carbocycles. The molecule has 0 radical (unpaired) electrons. The van der Waals surface area contributed by atoms with Gasteiger partial charge < -0.3 is 10.2 Å². The third-order valence-electron chi connectivity index (χ3n) is 3.82. The SMILES string of the molecule is Cl.O=C([C@@H]1CCCCN1)N1CCc2ccc(F)cc21. The second kappa shape index (κ2) is 5.88. The van der Waals surface area contributed by atoms with Crippen LogP contribution < -0.4 is 10.2 Å². The second-order valence-electron chi connectivity index (χ2n) is 5.02. The van der Waals surface area contributed by atoms with Crippen LogP contribution in [-0.4, -0.2) is 25.0 Å². The number of fused-ring (bicyclic) bond motifs is 1. The highest BCUT2D eigenvalue weighted by Gasteiger charge is 2.30. The Balaban J connectivity index is 0.00000133. The molecule has 0 bridgehead atoms. The van der Waals surface area contributed by atoms with Crippen molar-refractivity contribution in [2.75, 3.05) is 18.0 Å². The summed E-state index contributed by atoms with van der Waals surface area (Å²) in [4.78, 5) is 14.2. The van der Waals surface area contributed by atoms with Crippen LogP contribution in [0.25, 0.3) is 0 Å². The van der Waals surface area contributed by atoms with Crippen molar-refractivity contribution in [3.8, 4) is 0 Å². The average molecular weight is 285 g/mol. The van der Waals surface area contributed by atoms with Gasteiger partial charge in [0.25, 0.3) is 0 Å². The lowest BCUT2D eigenvalue weighted by Crippen LogP contribution is -2.48. The molecule has 1 fully saturated rings. The summed E-state index contributed by atoms with van der Waals surface area (Å²) in [6.45, 7) is 1.58. The minimum atomic E-state index is -0.273. The maximum Gasteiger partial charge on any atom is 0.244 e. The molecule has 1 atom stereocenters. The Hall–Kier alpha value is -1.13. The molecule has 0 aromatic heterocycles. The number of carbonyl (C=O) groups is 1. The third-order valence-corrected chi connectivity index (χ3v) is 3.82. The molecular formula is C14H18ClFN2O. The molecule has 2 aliphatic heterocycles. The smallest absolute Gasteiger partial charge is 0.244 e. The van der Waals surface area contributed by atoms with Crippen LogP contribution in [0.2, 0.25) is 0 Å². The summed E-state index contributed by atoms with van der Waals surface area (Å²) in [5.74, 6) is -0.177. The number of amides is 1. The summed E-state index contributed by atoms with van der Waals surface area (Å²) >= 11 is 0. The highest BCUT2D eigenvalue weighted by Crippen LogP contribution is 2.29. The predicted molar refractivity (Wildman–Crippen MR) is 75.3 cm³/mol. The van der Waals surface area contributed by atoms with Gasteiger partial charge in [-0.15, -0.1) is 12.4 Å². The lowest BCUT2D eigenvalue weighted by atomic mass is 10.0. The Morgan fingerprint density at radius 2 is 2.21 bits per heavy atom. The van der Waals surface area contributed by atoms with Crippen molar-refractivity contribution in [3.63, 3.8) is 0 Å². The molecule has 0 spiro atoms. The van der Waals surface area contributed by atoms with Crippen LogP contribution in [0.4, 0.5) is 10.1 Å². The van der Waals surface area contributed by atoms with Gasteiger partial charge in [-0.1, -0.05) is 12.5 Å². The van der Waals surface area contributed by atoms with Crippen LogP contribution in [0.3, 0.4) is 0 Å². The minimum Gasteiger partial charge on any atom is -0.310 e. The zero-order valence-electron chi connectivity index (χ0n) is 10.7. The number of carbonyl (C=O) groups excluding carboxylic acids is 1. The lowest BCUT2D eigenvalue weighted by molar-refractivity contribution is -0.121. The van der Waals surface area contributed by atoms with Gasteiger partial charge in [-0.3, -0.25) is 4.79 Å². The summed E-state index contributed by atoms with van der Waals surface area (Å²) in [5.41, 5.74) is 1.83. The highest BCUT2D eigenvalue weighted by atomic mass is 35.5. The van der Waals surface area contributed by atoms with E-state index in [4.69, 9.17) is 0 Å². The van der Waals surface area contributed by atoms with Gasteiger partial charge in [0.05, 0.1) is 6.04 Å². The first-order valence-corrected chi connectivity index (χ1v) is 6.59. The molecule has 2 aliphatic rings. The van der Waals surface area contributed by atoms with E-state index in [9.17, 15) is 9.18 Å². The van der Waals surface area contributed by atoms with Crippen LogP contribution in [0, 0.1) is 5.82 Å². The standard InChI is InChI=1S/C14H17FN2O.ClH/c15-11-5-4-10-6-8-17(13(10)9-11)14(18)12-3-1-2-7-16-12;/h4-5,9,12,16H,1-3,6-8H2;1H/t12-;/m0./s1. The Bertz CT molecular complexity index is 475. The van der Waals surface area contributed by atoms with Crippen molar-refractivity contribution >= 4 is 24.0 Å². The summed E-state index contributed by atoms with van der Waals surface area (Å²) in [6, 6.07) is 4.63. The van der Waals surface area contributed by atoms with Crippen molar-refractivity contribution in [1.29, 1.82) is 0 Å². The number of piperidine rings is 1. The van der Waals surface area contributed by atoms with Crippen LogP contribution in [0.15, 0.2) is 18.2 Å². The molecule has 1 aromatic carbocycles. The lowest BCUT2D eigenvalue weighted by Gasteiger charge is -2.27. The third kappa shape index (κ3) is 2.74. The molecular weight excluding hydrogens is 267 g/mol. The number of hydrogen-bond donors (Lipinski definition) is 1. The molecule has 5 heteroatoms. The number of halogens is 2. The number of nitrogens with zero attached hydrogens (tertiary/aromatic N) is 1. The summed E-state index contributed by atoms with van der Waals surface area (Å²) < 4.78 is 13.3. The monoisotopic (exact) mass is 284 g/mol. The second-order valence-corrected chi connectivity index (χ2v) is 5.02. The van der Waals surface area contributed by atoms with Gasteiger partial charge in [-0.25, -0.2) is 4.39 Å². The first-order chi connectivity index (χ1) is 8.75. The maximum atomic E-state index is 13.3. The fraction of sp³-hybridized carbons (Fsp3) is 0.500. The number of benzene rings is 1. The molecule has 1 saturated heterocycles. The Morgan fingerprint density at radius 3 is 2.95 bits per heavy atom. The molecule has 3 rings (SSSR count). The van der Waals surface area contributed by atoms with Crippen molar-refractivity contribution < 1.29 is 9.18 Å². The van der Waals surface area contributed by atoms with Gasteiger partial charge in [-0.2, -0.15) is 0 Å². The summed E-state index contributed by atoms with van der Waals surface area (Å²) in [6.07, 6.45) is 3.94. The molecule has 0 unspecified atom stereocenters. The van der Waals surface area contributed by atoms with E-state index in [1.807, 2.05) is 0 Å². The summed E-state index contributed by atoms with van der Waals surface area (Å²) in [5, 5.41) is 3.26.